The van der Waals surface area contributed by atoms with Crippen molar-refractivity contribution in [3.05, 3.63) is 53.3 Å². The van der Waals surface area contributed by atoms with Crippen molar-refractivity contribution < 1.29 is 14.6 Å². The van der Waals surface area contributed by atoms with Gasteiger partial charge in [0, 0.05) is 18.0 Å². The summed E-state index contributed by atoms with van der Waals surface area (Å²) in [5.74, 6) is 0.360. The van der Waals surface area contributed by atoms with E-state index in [9.17, 15) is 9.90 Å². The third kappa shape index (κ3) is 2.80. The number of methoxy groups -OCH3 is 1. The van der Waals surface area contributed by atoms with E-state index in [1.54, 1.807) is 25.0 Å². The van der Waals surface area contributed by atoms with E-state index in [1.165, 1.54) is 0 Å². The highest BCUT2D eigenvalue weighted by molar-refractivity contribution is 6.06. The van der Waals surface area contributed by atoms with Crippen LogP contribution < -0.4 is 4.74 Å². The lowest BCUT2D eigenvalue weighted by molar-refractivity contribution is 0.0707. The summed E-state index contributed by atoms with van der Waals surface area (Å²) < 4.78 is 7.12. The Morgan fingerprint density at radius 2 is 2.08 bits per heavy atom. The standard InChI is InChI=1S/C19H20N4O3/c1-12(24)17-9-13-11-22(7-8-23(13)21-17)19(25)15-10-18(26-2)20-16-6-4-3-5-14(15)16/h3-6,9-10,12,24H,7-8,11H2,1-2H3/t12-/m0/s1. The van der Waals surface area contributed by atoms with Gasteiger partial charge in [0.2, 0.25) is 5.88 Å². The van der Waals surface area contributed by atoms with Gasteiger partial charge in [-0.2, -0.15) is 5.10 Å². The maximum Gasteiger partial charge on any atom is 0.255 e. The van der Waals surface area contributed by atoms with Gasteiger partial charge in [0.15, 0.2) is 0 Å². The molecule has 1 aromatic carbocycles. The number of pyridine rings is 1. The van der Waals surface area contributed by atoms with E-state index in [1.807, 2.05) is 35.0 Å². The fraction of sp³-hybridized carbons (Fsp3) is 0.316. The second-order valence-electron chi connectivity index (χ2n) is 6.42. The second-order valence-corrected chi connectivity index (χ2v) is 6.42. The van der Waals surface area contributed by atoms with Crippen LogP contribution in [0.3, 0.4) is 0 Å². The van der Waals surface area contributed by atoms with Crippen molar-refractivity contribution >= 4 is 16.8 Å². The molecule has 26 heavy (non-hydrogen) atoms. The van der Waals surface area contributed by atoms with E-state index < -0.39 is 6.10 Å². The first-order valence-corrected chi connectivity index (χ1v) is 8.54. The van der Waals surface area contributed by atoms with Crippen LogP contribution in [-0.2, 0) is 13.1 Å². The van der Waals surface area contributed by atoms with Crippen LogP contribution in [0.25, 0.3) is 10.9 Å². The summed E-state index contributed by atoms with van der Waals surface area (Å²) >= 11 is 0. The smallest absolute Gasteiger partial charge is 0.255 e. The molecule has 2 aromatic heterocycles. The third-order valence-electron chi connectivity index (χ3n) is 4.66. The number of carbonyl (C=O) groups excluding carboxylic acids is 1. The lowest BCUT2D eigenvalue weighted by Crippen LogP contribution is -2.38. The minimum absolute atomic E-state index is 0.0621. The Morgan fingerprint density at radius 1 is 1.27 bits per heavy atom. The molecule has 0 spiro atoms. The lowest BCUT2D eigenvalue weighted by Gasteiger charge is -2.28. The highest BCUT2D eigenvalue weighted by Gasteiger charge is 2.25. The van der Waals surface area contributed by atoms with Gasteiger partial charge in [-0.25, -0.2) is 4.98 Å². The predicted octanol–water partition coefficient (Wildman–Crippen LogP) is 2.15. The number of rotatable bonds is 3. The Bertz CT molecular complexity index is 980. The number of benzene rings is 1. The number of fused-ring (bicyclic) bond motifs is 2. The lowest BCUT2D eigenvalue weighted by atomic mass is 10.1. The monoisotopic (exact) mass is 352 g/mol. The highest BCUT2D eigenvalue weighted by Crippen LogP contribution is 2.25. The van der Waals surface area contributed by atoms with E-state index in [0.29, 0.717) is 36.8 Å². The molecule has 4 rings (SSSR count). The molecule has 0 bridgehead atoms. The third-order valence-corrected chi connectivity index (χ3v) is 4.66. The Balaban J connectivity index is 1.69. The zero-order valence-corrected chi connectivity index (χ0v) is 14.7. The average Bonchev–Trinajstić information content (AvgIpc) is 3.10. The van der Waals surface area contributed by atoms with Crippen LogP contribution in [0.4, 0.5) is 0 Å². The van der Waals surface area contributed by atoms with Gasteiger partial charge in [-0.3, -0.25) is 9.48 Å². The summed E-state index contributed by atoms with van der Waals surface area (Å²) in [6, 6.07) is 11.1. The number of para-hydroxylation sites is 1. The largest absolute Gasteiger partial charge is 0.481 e. The molecule has 0 saturated heterocycles. The van der Waals surface area contributed by atoms with E-state index in [0.717, 1.165) is 16.6 Å². The van der Waals surface area contributed by atoms with E-state index in [-0.39, 0.29) is 5.91 Å². The highest BCUT2D eigenvalue weighted by atomic mass is 16.5. The molecule has 0 aliphatic carbocycles. The Labute approximate surface area is 150 Å². The Kier molecular flexibility index (Phi) is 4.08. The fourth-order valence-electron chi connectivity index (χ4n) is 3.27. The van der Waals surface area contributed by atoms with Crippen LogP contribution in [0.2, 0.25) is 0 Å². The minimum atomic E-state index is -0.620. The molecule has 0 saturated carbocycles. The molecule has 7 nitrogen and oxygen atoms in total. The number of aromatic nitrogens is 3. The van der Waals surface area contributed by atoms with Gasteiger partial charge in [0.25, 0.3) is 5.91 Å². The summed E-state index contributed by atoms with van der Waals surface area (Å²) in [5.41, 5.74) is 2.86. The first-order chi connectivity index (χ1) is 12.6. The van der Waals surface area contributed by atoms with Gasteiger partial charge in [-0.1, -0.05) is 18.2 Å². The molecule has 7 heteroatoms. The van der Waals surface area contributed by atoms with Gasteiger partial charge >= 0.3 is 0 Å². The van der Waals surface area contributed by atoms with Crippen LogP contribution >= 0.6 is 0 Å². The van der Waals surface area contributed by atoms with Crippen LogP contribution in [0.15, 0.2) is 36.4 Å². The van der Waals surface area contributed by atoms with Crippen molar-refractivity contribution in [1.29, 1.82) is 0 Å². The number of aliphatic hydroxyl groups is 1. The minimum Gasteiger partial charge on any atom is -0.481 e. The van der Waals surface area contributed by atoms with Crippen LogP contribution in [0, 0.1) is 0 Å². The molecule has 0 radical (unpaired) electrons. The summed E-state index contributed by atoms with van der Waals surface area (Å²) in [4.78, 5) is 19.4. The van der Waals surface area contributed by atoms with Crippen molar-refractivity contribution in [1.82, 2.24) is 19.7 Å². The van der Waals surface area contributed by atoms with E-state index in [4.69, 9.17) is 4.74 Å². The van der Waals surface area contributed by atoms with E-state index in [2.05, 4.69) is 10.1 Å². The molecule has 134 valence electrons. The van der Waals surface area contributed by atoms with Gasteiger partial charge in [0.1, 0.15) is 0 Å². The molecule has 1 atom stereocenters. The molecule has 1 N–H and O–H groups in total. The predicted molar refractivity (Wildman–Crippen MR) is 95.9 cm³/mol. The molecular formula is C19H20N4O3. The zero-order valence-electron chi connectivity index (χ0n) is 14.7. The van der Waals surface area contributed by atoms with Crippen LogP contribution in [0.5, 0.6) is 5.88 Å². The molecule has 1 aliphatic rings. The zero-order chi connectivity index (χ0) is 18.3. The SMILES string of the molecule is COc1cc(C(=O)N2CCn3nc([C@H](C)O)cc3C2)c2ccccc2n1. The van der Waals surface area contributed by atoms with Crippen molar-refractivity contribution in [3.63, 3.8) is 0 Å². The van der Waals surface area contributed by atoms with Gasteiger partial charge < -0.3 is 14.7 Å². The normalized spacial score (nSPS) is 15.0. The summed E-state index contributed by atoms with van der Waals surface area (Å²) in [7, 11) is 1.54. The second kappa shape index (κ2) is 6.42. The molecule has 0 unspecified atom stereocenters. The topological polar surface area (TPSA) is 80.5 Å². The number of carbonyl (C=O) groups is 1. The summed E-state index contributed by atoms with van der Waals surface area (Å²) in [6.07, 6.45) is -0.620. The number of aliphatic hydroxyl groups excluding tert-OH is 1. The van der Waals surface area contributed by atoms with Crippen molar-refractivity contribution in [2.45, 2.75) is 26.1 Å². The van der Waals surface area contributed by atoms with Crippen molar-refractivity contribution in [3.8, 4) is 5.88 Å². The van der Waals surface area contributed by atoms with Crippen LogP contribution in [0.1, 0.15) is 34.8 Å². The Hall–Kier alpha value is -2.93. The summed E-state index contributed by atoms with van der Waals surface area (Å²) in [5, 5.41) is 14.9. The molecule has 1 amide bonds. The first-order valence-electron chi connectivity index (χ1n) is 8.54. The van der Waals surface area contributed by atoms with Gasteiger partial charge in [0.05, 0.1) is 48.8 Å². The average molecular weight is 352 g/mol. The van der Waals surface area contributed by atoms with Crippen molar-refractivity contribution in [2.75, 3.05) is 13.7 Å². The quantitative estimate of drug-likeness (QED) is 0.781. The molecular weight excluding hydrogens is 332 g/mol. The fourth-order valence-corrected chi connectivity index (χ4v) is 3.27. The summed E-state index contributed by atoms with van der Waals surface area (Å²) in [6.45, 7) is 3.31. The maximum atomic E-state index is 13.2. The number of hydrogen-bond acceptors (Lipinski definition) is 5. The molecule has 3 aromatic rings. The molecule has 1 aliphatic heterocycles. The van der Waals surface area contributed by atoms with Gasteiger partial charge in [-0.15, -0.1) is 0 Å². The first kappa shape index (κ1) is 16.5. The maximum absolute atomic E-state index is 13.2. The Morgan fingerprint density at radius 3 is 2.85 bits per heavy atom. The van der Waals surface area contributed by atoms with E-state index >= 15 is 0 Å². The number of hydrogen-bond donors (Lipinski definition) is 1. The number of amides is 1. The van der Waals surface area contributed by atoms with Gasteiger partial charge in [-0.05, 0) is 19.1 Å². The molecule has 0 fully saturated rings. The van der Waals surface area contributed by atoms with Crippen LogP contribution in [-0.4, -0.2) is 44.3 Å². The number of ether oxygens (including phenoxy) is 1. The molecule has 3 heterocycles. The van der Waals surface area contributed by atoms with Crippen molar-refractivity contribution in [2.24, 2.45) is 0 Å². The number of nitrogens with zero attached hydrogens (tertiary/aromatic N) is 4.